The van der Waals surface area contributed by atoms with E-state index in [2.05, 4.69) is 22.4 Å². The van der Waals surface area contributed by atoms with E-state index in [9.17, 15) is 9.59 Å². The molecule has 6 nitrogen and oxygen atoms in total. The van der Waals surface area contributed by atoms with Crippen molar-refractivity contribution in [2.24, 2.45) is 0 Å². The Morgan fingerprint density at radius 1 is 1.09 bits per heavy atom. The summed E-state index contributed by atoms with van der Waals surface area (Å²) in [5.41, 5.74) is 2.83. The van der Waals surface area contributed by atoms with Crippen molar-refractivity contribution in [1.82, 2.24) is 15.2 Å². The van der Waals surface area contributed by atoms with Crippen LogP contribution in [-0.2, 0) is 22.4 Å². The van der Waals surface area contributed by atoms with Crippen LogP contribution < -0.4 is 10.1 Å². The minimum Gasteiger partial charge on any atom is -0.483 e. The van der Waals surface area contributed by atoms with E-state index in [0.29, 0.717) is 12.2 Å². The Morgan fingerprint density at radius 3 is 2.53 bits per heavy atom. The summed E-state index contributed by atoms with van der Waals surface area (Å²) in [6.07, 6.45) is 1.69. The molecule has 168 valence electrons. The van der Waals surface area contributed by atoms with Gasteiger partial charge in [0.2, 0.25) is 5.91 Å². The van der Waals surface area contributed by atoms with E-state index >= 15 is 0 Å². The van der Waals surface area contributed by atoms with Crippen LogP contribution in [0.15, 0.2) is 60.0 Å². The van der Waals surface area contributed by atoms with Crippen molar-refractivity contribution in [3.05, 3.63) is 81.8 Å². The molecular weight excluding hydrogens is 422 g/mol. The maximum absolute atomic E-state index is 12.7. The molecule has 1 heterocycles. The number of thiazole rings is 1. The van der Waals surface area contributed by atoms with Crippen molar-refractivity contribution in [2.75, 3.05) is 20.7 Å². The first-order valence-corrected chi connectivity index (χ1v) is 11.5. The van der Waals surface area contributed by atoms with Crippen LogP contribution in [0.3, 0.4) is 0 Å². The number of likely N-dealkylation sites (N-methyl/N-ethyl adjacent to an activating group) is 1. The Morgan fingerprint density at radius 2 is 1.81 bits per heavy atom. The number of hydrogen-bond donors (Lipinski definition) is 1. The van der Waals surface area contributed by atoms with E-state index < -0.39 is 0 Å². The summed E-state index contributed by atoms with van der Waals surface area (Å²) in [5.74, 6) is 0.396. The fourth-order valence-electron chi connectivity index (χ4n) is 3.26. The first-order valence-electron chi connectivity index (χ1n) is 10.6. The first kappa shape index (κ1) is 23.5. The van der Waals surface area contributed by atoms with E-state index in [4.69, 9.17) is 4.74 Å². The minimum absolute atomic E-state index is 0.0442. The first-order chi connectivity index (χ1) is 15.5. The molecule has 0 saturated carbocycles. The second-order valence-electron chi connectivity index (χ2n) is 7.71. The molecule has 2 aromatic carbocycles. The van der Waals surface area contributed by atoms with Crippen molar-refractivity contribution in [2.45, 2.75) is 32.2 Å². The highest BCUT2D eigenvalue weighted by molar-refractivity contribution is 7.09. The normalized spacial score (nSPS) is 11.6. The zero-order valence-electron chi connectivity index (χ0n) is 18.7. The number of para-hydroxylation sites is 1. The van der Waals surface area contributed by atoms with Crippen LogP contribution in [0.5, 0.6) is 5.75 Å². The molecule has 0 radical (unpaired) electrons. The van der Waals surface area contributed by atoms with E-state index in [-0.39, 0.29) is 30.9 Å². The SMILES string of the molecule is CCC(NC(=O)Cc1csc(Cc2ccccc2)n1)c1ccccc1OCC(=O)N(C)C. The third-order valence-corrected chi connectivity index (χ3v) is 5.92. The third kappa shape index (κ3) is 6.65. The Labute approximate surface area is 193 Å². The van der Waals surface area contributed by atoms with Gasteiger partial charge >= 0.3 is 0 Å². The molecule has 1 unspecified atom stereocenters. The second kappa shape index (κ2) is 11.4. The van der Waals surface area contributed by atoms with Gasteiger partial charge in [-0.05, 0) is 18.1 Å². The molecule has 32 heavy (non-hydrogen) atoms. The monoisotopic (exact) mass is 451 g/mol. The summed E-state index contributed by atoms with van der Waals surface area (Å²) in [4.78, 5) is 30.7. The average molecular weight is 452 g/mol. The lowest BCUT2D eigenvalue weighted by Gasteiger charge is -2.21. The van der Waals surface area contributed by atoms with Gasteiger partial charge in [-0.3, -0.25) is 9.59 Å². The van der Waals surface area contributed by atoms with E-state index in [1.165, 1.54) is 10.5 Å². The number of hydrogen-bond acceptors (Lipinski definition) is 5. The van der Waals surface area contributed by atoms with E-state index in [0.717, 1.165) is 22.7 Å². The number of aromatic nitrogens is 1. The summed E-state index contributed by atoms with van der Waals surface area (Å²) in [6, 6.07) is 17.5. The molecule has 2 amide bonds. The number of amides is 2. The largest absolute Gasteiger partial charge is 0.483 e. The predicted molar refractivity (Wildman–Crippen MR) is 127 cm³/mol. The quantitative estimate of drug-likeness (QED) is 0.506. The van der Waals surface area contributed by atoms with Gasteiger partial charge in [0.1, 0.15) is 5.75 Å². The molecule has 0 fully saturated rings. The molecular formula is C25H29N3O3S. The lowest BCUT2D eigenvalue weighted by Crippen LogP contribution is -2.31. The summed E-state index contributed by atoms with van der Waals surface area (Å²) in [5, 5.41) is 6.03. The van der Waals surface area contributed by atoms with Gasteiger partial charge in [-0.15, -0.1) is 11.3 Å². The average Bonchev–Trinajstić information content (AvgIpc) is 3.23. The van der Waals surface area contributed by atoms with Gasteiger partial charge in [-0.25, -0.2) is 4.98 Å². The zero-order chi connectivity index (χ0) is 22.9. The maximum atomic E-state index is 12.7. The van der Waals surface area contributed by atoms with Gasteiger partial charge in [-0.1, -0.05) is 55.5 Å². The fourth-order valence-corrected chi connectivity index (χ4v) is 4.09. The lowest BCUT2D eigenvalue weighted by molar-refractivity contribution is -0.130. The Hall–Kier alpha value is -3.19. The maximum Gasteiger partial charge on any atom is 0.259 e. The number of nitrogens with zero attached hydrogens (tertiary/aromatic N) is 2. The number of carbonyl (C=O) groups is 2. The summed E-state index contributed by atoms with van der Waals surface area (Å²) in [6.45, 7) is 1.96. The molecule has 0 spiro atoms. The van der Waals surface area contributed by atoms with Crippen LogP contribution in [0.1, 0.15) is 41.2 Å². The van der Waals surface area contributed by atoms with Crippen LogP contribution in [0.2, 0.25) is 0 Å². The van der Waals surface area contributed by atoms with Crippen molar-refractivity contribution in [1.29, 1.82) is 0 Å². The zero-order valence-corrected chi connectivity index (χ0v) is 19.5. The number of ether oxygens (including phenoxy) is 1. The molecule has 1 aromatic heterocycles. The number of rotatable bonds is 10. The molecule has 0 aliphatic rings. The molecule has 0 bridgehead atoms. The number of carbonyl (C=O) groups excluding carboxylic acids is 2. The van der Waals surface area contributed by atoms with Crippen molar-refractivity contribution < 1.29 is 14.3 Å². The van der Waals surface area contributed by atoms with Gasteiger partial charge in [-0.2, -0.15) is 0 Å². The molecule has 1 atom stereocenters. The van der Waals surface area contributed by atoms with Gasteiger partial charge in [0.25, 0.3) is 5.91 Å². The topological polar surface area (TPSA) is 71.5 Å². The summed E-state index contributed by atoms with van der Waals surface area (Å²) < 4.78 is 5.75. The highest BCUT2D eigenvalue weighted by atomic mass is 32.1. The Kier molecular flexibility index (Phi) is 8.39. The molecule has 0 aliphatic carbocycles. The molecule has 7 heteroatoms. The van der Waals surface area contributed by atoms with Gasteiger partial charge in [0.15, 0.2) is 6.61 Å². The molecule has 3 rings (SSSR count). The van der Waals surface area contributed by atoms with E-state index in [1.54, 1.807) is 25.4 Å². The van der Waals surface area contributed by atoms with Crippen molar-refractivity contribution >= 4 is 23.2 Å². The van der Waals surface area contributed by atoms with Crippen LogP contribution in [-0.4, -0.2) is 42.4 Å². The summed E-state index contributed by atoms with van der Waals surface area (Å²) >= 11 is 1.57. The number of benzene rings is 2. The Balaban J connectivity index is 1.61. The van der Waals surface area contributed by atoms with Gasteiger partial charge in [0, 0.05) is 31.5 Å². The highest BCUT2D eigenvalue weighted by Crippen LogP contribution is 2.27. The minimum atomic E-state index is -0.212. The Bertz CT molecular complexity index is 1030. The van der Waals surface area contributed by atoms with Crippen LogP contribution in [0, 0.1) is 0 Å². The summed E-state index contributed by atoms with van der Waals surface area (Å²) in [7, 11) is 3.38. The second-order valence-corrected chi connectivity index (χ2v) is 8.66. The lowest BCUT2D eigenvalue weighted by atomic mass is 10.0. The van der Waals surface area contributed by atoms with Crippen molar-refractivity contribution in [3.8, 4) is 5.75 Å². The molecule has 0 saturated heterocycles. The van der Waals surface area contributed by atoms with Gasteiger partial charge < -0.3 is 15.0 Å². The molecule has 1 N–H and O–H groups in total. The molecule has 0 aliphatic heterocycles. The highest BCUT2D eigenvalue weighted by Gasteiger charge is 2.18. The van der Waals surface area contributed by atoms with Crippen LogP contribution in [0.25, 0.3) is 0 Å². The van der Waals surface area contributed by atoms with Crippen LogP contribution in [0.4, 0.5) is 0 Å². The van der Waals surface area contributed by atoms with Crippen LogP contribution >= 0.6 is 11.3 Å². The smallest absolute Gasteiger partial charge is 0.259 e. The standard InChI is InChI=1S/C25H29N3O3S/c1-4-21(20-12-8-9-13-22(20)31-16-25(30)28(2)3)27-23(29)15-19-17-32-24(26-19)14-18-10-6-5-7-11-18/h5-13,17,21H,4,14-16H2,1-3H3,(H,27,29). The molecule has 3 aromatic rings. The van der Waals surface area contributed by atoms with E-state index in [1.807, 2.05) is 54.8 Å². The third-order valence-electron chi connectivity index (χ3n) is 5.03. The van der Waals surface area contributed by atoms with Crippen molar-refractivity contribution in [3.63, 3.8) is 0 Å². The fraction of sp³-hybridized carbons (Fsp3) is 0.320. The predicted octanol–water partition coefficient (Wildman–Crippen LogP) is 4.01. The van der Waals surface area contributed by atoms with Gasteiger partial charge in [0.05, 0.1) is 23.2 Å². The number of nitrogens with one attached hydrogen (secondary N) is 1.